The Morgan fingerprint density at radius 3 is 2.31 bits per heavy atom. The molecule has 2 spiro atoms. The van der Waals surface area contributed by atoms with Crippen LogP contribution in [0.5, 0.6) is 0 Å². The summed E-state index contributed by atoms with van der Waals surface area (Å²) in [6, 6.07) is 10.5. The van der Waals surface area contributed by atoms with Gasteiger partial charge >= 0.3 is 0 Å². The zero-order valence-electron chi connectivity index (χ0n) is 15.4. The number of nitrogens with one attached hydrogen (secondary N) is 1. The van der Waals surface area contributed by atoms with Gasteiger partial charge in [0.05, 0.1) is 5.41 Å². The van der Waals surface area contributed by atoms with Gasteiger partial charge in [0, 0.05) is 26.1 Å². The maximum atomic E-state index is 13.8. The SMILES string of the molecule is O=C1CC2(CCN(C(=O)C3(c4ccccc4)CC34CCCC4)CC2)CN1. The largest absolute Gasteiger partial charge is 0.356 e. The summed E-state index contributed by atoms with van der Waals surface area (Å²) in [5.74, 6) is 0.537. The summed E-state index contributed by atoms with van der Waals surface area (Å²) in [5.41, 5.74) is 1.26. The molecule has 0 radical (unpaired) electrons. The number of nitrogens with zero attached hydrogens (tertiary/aromatic N) is 1. The highest BCUT2D eigenvalue weighted by Crippen LogP contribution is 2.72. The maximum absolute atomic E-state index is 13.8. The van der Waals surface area contributed by atoms with Crippen LogP contribution in [0.15, 0.2) is 30.3 Å². The number of amides is 2. The minimum Gasteiger partial charge on any atom is -0.356 e. The summed E-state index contributed by atoms with van der Waals surface area (Å²) >= 11 is 0. The summed E-state index contributed by atoms with van der Waals surface area (Å²) in [7, 11) is 0. The normalized spacial score (nSPS) is 31.4. The van der Waals surface area contributed by atoms with Gasteiger partial charge in [-0.15, -0.1) is 0 Å². The Kier molecular flexibility index (Phi) is 3.51. The van der Waals surface area contributed by atoms with Gasteiger partial charge in [-0.25, -0.2) is 0 Å². The second-order valence-electron chi connectivity index (χ2n) is 9.18. The molecule has 0 aromatic heterocycles. The molecular formula is C22H28N2O2. The van der Waals surface area contributed by atoms with Gasteiger partial charge in [0.1, 0.15) is 0 Å². The monoisotopic (exact) mass is 352 g/mol. The van der Waals surface area contributed by atoms with E-state index in [9.17, 15) is 9.59 Å². The highest BCUT2D eigenvalue weighted by atomic mass is 16.2. The minimum absolute atomic E-state index is 0.0996. The van der Waals surface area contributed by atoms with Gasteiger partial charge in [-0.1, -0.05) is 43.2 Å². The molecule has 2 heterocycles. The number of hydrogen-bond acceptors (Lipinski definition) is 2. The standard InChI is InChI=1S/C22H28N2O2/c25-18-14-20(16-23-18)10-12-24(13-11-20)19(26)22(17-6-2-1-3-7-17)15-21(22)8-4-5-9-21/h1-3,6-7H,4-5,8-16H2,(H,23,25). The first-order valence-electron chi connectivity index (χ1n) is 10.2. The van der Waals surface area contributed by atoms with Crippen molar-refractivity contribution in [2.75, 3.05) is 19.6 Å². The number of rotatable bonds is 2. The van der Waals surface area contributed by atoms with Crippen LogP contribution < -0.4 is 5.32 Å². The fourth-order valence-electron chi connectivity index (χ4n) is 6.23. The van der Waals surface area contributed by atoms with E-state index in [4.69, 9.17) is 0 Å². The number of piperidine rings is 1. The van der Waals surface area contributed by atoms with Crippen molar-refractivity contribution in [1.82, 2.24) is 10.2 Å². The van der Waals surface area contributed by atoms with E-state index in [1.165, 1.54) is 31.2 Å². The van der Waals surface area contributed by atoms with Crippen molar-refractivity contribution in [3.63, 3.8) is 0 Å². The predicted octanol–water partition coefficient (Wildman–Crippen LogP) is 3.02. The van der Waals surface area contributed by atoms with E-state index in [0.29, 0.717) is 12.3 Å². The molecule has 4 fully saturated rings. The molecule has 1 aromatic carbocycles. The Labute approximate surface area is 155 Å². The summed E-state index contributed by atoms with van der Waals surface area (Å²) in [5, 5.41) is 2.99. The maximum Gasteiger partial charge on any atom is 0.233 e. The summed E-state index contributed by atoms with van der Waals surface area (Å²) in [4.78, 5) is 27.5. The zero-order chi connectivity index (χ0) is 17.8. The lowest BCUT2D eigenvalue weighted by Crippen LogP contribution is -2.48. The molecule has 26 heavy (non-hydrogen) atoms. The molecule has 4 nitrogen and oxygen atoms in total. The molecule has 2 amide bonds. The van der Waals surface area contributed by atoms with Gasteiger partial charge in [-0.3, -0.25) is 9.59 Å². The summed E-state index contributed by atoms with van der Waals surface area (Å²) in [6.07, 6.45) is 8.50. The van der Waals surface area contributed by atoms with E-state index < -0.39 is 0 Å². The highest BCUT2D eigenvalue weighted by Gasteiger charge is 2.73. The number of carbonyl (C=O) groups is 2. The number of benzene rings is 1. The Morgan fingerprint density at radius 1 is 1.00 bits per heavy atom. The van der Waals surface area contributed by atoms with E-state index >= 15 is 0 Å². The van der Waals surface area contributed by atoms with Crippen LogP contribution in [-0.2, 0) is 15.0 Å². The van der Waals surface area contributed by atoms with Crippen LogP contribution >= 0.6 is 0 Å². The molecule has 1 atom stereocenters. The van der Waals surface area contributed by atoms with Crippen LogP contribution in [0, 0.1) is 10.8 Å². The second-order valence-corrected chi connectivity index (χ2v) is 9.18. The lowest BCUT2D eigenvalue weighted by Gasteiger charge is -2.40. The van der Waals surface area contributed by atoms with Crippen molar-refractivity contribution in [3.05, 3.63) is 35.9 Å². The number of carbonyl (C=O) groups excluding carboxylic acids is 2. The van der Waals surface area contributed by atoms with Crippen LogP contribution in [0.25, 0.3) is 0 Å². The van der Waals surface area contributed by atoms with Crippen molar-refractivity contribution < 1.29 is 9.59 Å². The molecule has 2 saturated heterocycles. The molecule has 5 rings (SSSR count). The molecule has 4 heteroatoms. The first-order valence-corrected chi connectivity index (χ1v) is 10.2. The van der Waals surface area contributed by atoms with Crippen molar-refractivity contribution in [2.24, 2.45) is 10.8 Å². The van der Waals surface area contributed by atoms with Crippen LogP contribution in [0.4, 0.5) is 0 Å². The van der Waals surface area contributed by atoms with Gasteiger partial charge in [0.2, 0.25) is 11.8 Å². The molecule has 2 aliphatic heterocycles. The lowest BCUT2D eigenvalue weighted by molar-refractivity contribution is -0.137. The van der Waals surface area contributed by atoms with Gasteiger partial charge in [-0.2, -0.15) is 0 Å². The summed E-state index contributed by atoms with van der Waals surface area (Å²) < 4.78 is 0. The fourth-order valence-corrected chi connectivity index (χ4v) is 6.23. The van der Waals surface area contributed by atoms with E-state index in [1.807, 2.05) is 6.07 Å². The predicted molar refractivity (Wildman–Crippen MR) is 99.5 cm³/mol. The molecule has 2 saturated carbocycles. The van der Waals surface area contributed by atoms with Crippen LogP contribution in [-0.4, -0.2) is 36.3 Å². The molecule has 2 aliphatic carbocycles. The fraction of sp³-hybridized carbons (Fsp3) is 0.636. The molecular weight excluding hydrogens is 324 g/mol. The lowest BCUT2D eigenvalue weighted by atomic mass is 9.76. The van der Waals surface area contributed by atoms with Crippen molar-refractivity contribution >= 4 is 11.8 Å². The molecule has 1 N–H and O–H groups in total. The molecule has 0 bridgehead atoms. The smallest absolute Gasteiger partial charge is 0.233 e. The van der Waals surface area contributed by atoms with Gasteiger partial charge in [0.15, 0.2) is 0 Å². The first kappa shape index (κ1) is 16.3. The van der Waals surface area contributed by atoms with Gasteiger partial charge < -0.3 is 10.2 Å². The quantitative estimate of drug-likeness (QED) is 0.889. The van der Waals surface area contributed by atoms with E-state index in [2.05, 4.69) is 34.5 Å². The molecule has 4 aliphatic rings. The number of hydrogen-bond donors (Lipinski definition) is 1. The molecule has 1 unspecified atom stereocenters. The highest BCUT2D eigenvalue weighted by molar-refractivity contribution is 5.93. The van der Waals surface area contributed by atoms with Crippen LogP contribution in [0.3, 0.4) is 0 Å². The third-order valence-corrected chi connectivity index (χ3v) is 7.88. The van der Waals surface area contributed by atoms with Gasteiger partial charge in [0.25, 0.3) is 0 Å². The first-order chi connectivity index (χ1) is 12.6. The molecule has 1 aromatic rings. The Bertz CT molecular complexity index is 730. The van der Waals surface area contributed by atoms with E-state index in [-0.39, 0.29) is 22.2 Å². The third kappa shape index (κ3) is 2.20. The zero-order valence-corrected chi connectivity index (χ0v) is 15.4. The van der Waals surface area contributed by atoms with Gasteiger partial charge in [-0.05, 0) is 48.5 Å². The third-order valence-electron chi connectivity index (χ3n) is 7.88. The average Bonchev–Trinajstić information content (AvgIpc) is 2.92. The number of likely N-dealkylation sites (tertiary alicyclic amines) is 1. The Hall–Kier alpha value is -1.84. The van der Waals surface area contributed by atoms with Crippen molar-refractivity contribution in [1.29, 1.82) is 0 Å². The average molecular weight is 352 g/mol. The van der Waals surface area contributed by atoms with Crippen molar-refractivity contribution in [3.8, 4) is 0 Å². The topological polar surface area (TPSA) is 49.4 Å². The molecule has 138 valence electrons. The second kappa shape index (κ2) is 5.58. The summed E-state index contributed by atoms with van der Waals surface area (Å²) in [6.45, 7) is 2.40. The van der Waals surface area contributed by atoms with Crippen molar-refractivity contribution in [2.45, 2.75) is 56.8 Å². The van der Waals surface area contributed by atoms with E-state index in [0.717, 1.165) is 38.9 Å². The Balaban J connectivity index is 1.39. The van der Waals surface area contributed by atoms with E-state index in [1.54, 1.807) is 0 Å². The minimum atomic E-state index is -0.279. The van der Waals surface area contributed by atoms with Crippen LogP contribution in [0.2, 0.25) is 0 Å². The Morgan fingerprint density at radius 2 is 1.69 bits per heavy atom. The van der Waals surface area contributed by atoms with Crippen LogP contribution in [0.1, 0.15) is 56.9 Å².